The molecule has 0 spiro atoms. The largest absolute Gasteiger partial charge is 0.453 e. The zero-order valence-electron chi connectivity index (χ0n) is 7.52. The fourth-order valence-corrected chi connectivity index (χ4v) is 1.28. The van der Waals surface area contributed by atoms with E-state index in [1.165, 1.54) is 12.4 Å². The topological polar surface area (TPSA) is 35.0 Å². The van der Waals surface area contributed by atoms with Crippen molar-refractivity contribution in [2.75, 3.05) is 0 Å². The molecule has 0 aliphatic rings. The molecule has 0 saturated carbocycles. The van der Waals surface area contributed by atoms with Crippen LogP contribution in [0.4, 0.5) is 0 Å². The Morgan fingerprint density at radius 2 is 1.67 bits per heavy atom. The Kier molecular flexibility index (Phi) is 3.04. The summed E-state index contributed by atoms with van der Waals surface area (Å²) in [7, 11) is 0. The predicted molar refractivity (Wildman–Crippen MR) is 58.6 cm³/mol. The van der Waals surface area contributed by atoms with Crippen LogP contribution in [0.3, 0.4) is 0 Å². The molecule has 5 heteroatoms. The second-order valence-electron chi connectivity index (χ2n) is 2.72. The Morgan fingerprint density at radius 3 is 2.33 bits per heavy atom. The van der Waals surface area contributed by atoms with E-state index >= 15 is 0 Å². The number of benzene rings is 1. The second-order valence-corrected chi connectivity index (χ2v) is 3.47. The molecule has 0 bridgehead atoms. The number of aromatic nitrogens is 2. The van der Waals surface area contributed by atoms with Crippen LogP contribution in [0.15, 0.2) is 36.7 Å². The van der Waals surface area contributed by atoms with Gasteiger partial charge >= 0.3 is 0 Å². The lowest BCUT2D eigenvalue weighted by atomic mass is 10.3. The Labute approximate surface area is 96.6 Å². The van der Waals surface area contributed by atoms with Crippen molar-refractivity contribution in [1.82, 2.24) is 9.97 Å². The third kappa shape index (κ3) is 2.58. The van der Waals surface area contributed by atoms with Crippen LogP contribution >= 0.6 is 23.2 Å². The molecule has 0 N–H and O–H groups in total. The molecule has 2 rings (SSSR count). The highest BCUT2D eigenvalue weighted by Gasteiger charge is 2.02. The summed E-state index contributed by atoms with van der Waals surface area (Å²) < 4.78 is 5.45. The highest BCUT2D eigenvalue weighted by Crippen LogP contribution is 2.27. The summed E-state index contributed by atoms with van der Waals surface area (Å²) in [5.74, 6) is 1.05. The third-order valence-corrected chi connectivity index (χ3v) is 2.17. The molecule has 1 aromatic heterocycles. The zero-order valence-corrected chi connectivity index (χ0v) is 9.03. The van der Waals surface area contributed by atoms with Crippen LogP contribution < -0.4 is 4.74 Å². The van der Waals surface area contributed by atoms with Crippen molar-refractivity contribution in [3.8, 4) is 11.5 Å². The van der Waals surface area contributed by atoms with Gasteiger partial charge in [0, 0.05) is 0 Å². The number of rotatable bonds is 2. The van der Waals surface area contributed by atoms with Gasteiger partial charge in [-0.2, -0.15) is 0 Å². The first-order valence-electron chi connectivity index (χ1n) is 4.15. The van der Waals surface area contributed by atoms with E-state index in [1.807, 2.05) is 12.1 Å². The summed E-state index contributed by atoms with van der Waals surface area (Å²) in [6, 6.07) is 7.16. The van der Waals surface area contributed by atoms with Gasteiger partial charge in [-0.05, 0) is 23.7 Å². The first-order chi connectivity index (χ1) is 7.25. The van der Waals surface area contributed by atoms with E-state index in [4.69, 9.17) is 27.9 Å². The molecule has 0 saturated heterocycles. The molecule has 0 aliphatic heterocycles. The molecule has 76 valence electrons. The Bertz CT molecular complexity index is 459. The van der Waals surface area contributed by atoms with Gasteiger partial charge in [-0.25, -0.2) is 9.97 Å². The normalized spacial score (nSPS) is 10.0. The molecule has 15 heavy (non-hydrogen) atoms. The lowest BCUT2D eigenvalue weighted by Gasteiger charge is -2.05. The first-order valence-corrected chi connectivity index (χ1v) is 4.91. The SMILES string of the molecule is Clc1ncc(Oc2ccccc2Cl)cn1. The van der Waals surface area contributed by atoms with E-state index in [-0.39, 0.29) is 5.28 Å². The van der Waals surface area contributed by atoms with Crippen LogP contribution in [0.25, 0.3) is 0 Å². The van der Waals surface area contributed by atoms with Crippen molar-refractivity contribution in [1.29, 1.82) is 0 Å². The minimum absolute atomic E-state index is 0.182. The lowest BCUT2D eigenvalue weighted by molar-refractivity contribution is 0.477. The smallest absolute Gasteiger partial charge is 0.222 e. The van der Waals surface area contributed by atoms with Crippen molar-refractivity contribution in [3.05, 3.63) is 47.0 Å². The molecule has 0 fully saturated rings. The molecule has 0 unspecified atom stereocenters. The highest BCUT2D eigenvalue weighted by atomic mass is 35.5. The Hall–Kier alpha value is -1.32. The van der Waals surface area contributed by atoms with Crippen molar-refractivity contribution in [2.24, 2.45) is 0 Å². The van der Waals surface area contributed by atoms with Crippen LogP contribution in [-0.2, 0) is 0 Å². The van der Waals surface area contributed by atoms with E-state index in [2.05, 4.69) is 9.97 Å². The van der Waals surface area contributed by atoms with Gasteiger partial charge in [-0.1, -0.05) is 23.7 Å². The summed E-state index contributed by atoms with van der Waals surface area (Å²) in [4.78, 5) is 7.58. The van der Waals surface area contributed by atoms with Crippen molar-refractivity contribution in [3.63, 3.8) is 0 Å². The van der Waals surface area contributed by atoms with Gasteiger partial charge < -0.3 is 4.74 Å². The van der Waals surface area contributed by atoms with Gasteiger partial charge in [-0.3, -0.25) is 0 Å². The molecule has 0 atom stereocenters. The highest BCUT2D eigenvalue weighted by molar-refractivity contribution is 6.32. The fraction of sp³-hybridized carbons (Fsp3) is 0. The van der Waals surface area contributed by atoms with Crippen LogP contribution in [-0.4, -0.2) is 9.97 Å². The van der Waals surface area contributed by atoms with E-state index in [0.29, 0.717) is 16.5 Å². The average Bonchev–Trinajstić information content (AvgIpc) is 2.25. The maximum atomic E-state index is 5.91. The third-order valence-electron chi connectivity index (χ3n) is 1.66. The molecule has 3 nitrogen and oxygen atoms in total. The maximum absolute atomic E-state index is 5.91. The minimum atomic E-state index is 0.182. The number of nitrogens with zero attached hydrogens (tertiary/aromatic N) is 2. The Morgan fingerprint density at radius 1 is 1.00 bits per heavy atom. The zero-order chi connectivity index (χ0) is 10.7. The van der Waals surface area contributed by atoms with Gasteiger partial charge in [0.15, 0.2) is 5.75 Å². The fourth-order valence-electron chi connectivity index (χ4n) is 1.01. The van der Waals surface area contributed by atoms with Gasteiger partial charge in [0.25, 0.3) is 0 Å². The monoisotopic (exact) mass is 240 g/mol. The van der Waals surface area contributed by atoms with Crippen molar-refractivity contribution in [2.45, 2.75) is 0 Å². The number of hydrogen-bond donors (Lipinski definition) is 0. The summed E-state index contributed by atoms with van der Waals surface area (Å²) in [5.41, 5.74) is 0. The first kappa shape index (κ1) is 10.2. The Balaban J connectivity index is 2.22. The molecule has 1 aromatic carbocycles. The van der Waals surface area contributed by atoms with Gasteiger partial charge in [-0.15, -0.1) is 0 Å². The standard InChI is InChI=1S/C10H6Cl2N2O/c11-8-3-1-2-4-9(8)15-7-5-13-10(12)14-6-7/h1-6H. The summed E-state index contributed by atoms with van der Waals surface area (Å²) in [6.45, 7) is 0. The van der Waals surface area contributed by atoms with E-state index < -0.39 is 0 Å². The molecule has 0 radical (unpaired) electrons. The summed E-state index contributed by atoms with van der Waals surface area (Å²) in [5, 5.41) is 0.717. The maximum Gasteiger partial charge on any atom is 0.222 e. The number of ether oxygens (including phenoxy) is 1. The van der Waals surface area contributed by atoms with Crippen molar-refractivity contribution < 1.29 is 4.74 Å². The number of hydrogen-bond acceptors (Lipinski definition) is 3. The quantitative estimate of drug-likeness (QED) is 0.753. The molecule has 2 aromatic rings. The van der Waals surface area contributed by atoms with E-state index in [0.717, 1.165) is 0 Å². The van der Waals surface area contributed by atoms with Gasteiger partial charge in [0.2, 0.25) is 5.28 Å². The molecular formula is C10H6Cl2N2O. The van der Waals surface area contributed by atoms with E-state index in [1.54, 1.807) is 12.1 Å². The molecule has 0 aliphatic carbocycles. The minimum Gasteiger partial charge on any atom is -0.453 e. The van der Waals surface area contributed by atoms with Gasteiger partial charge in [0.05, 0.1) is 17.4 Å². The second kappa shape index (κ2) is 4.47. The van der Waals surface area contributed by atoms with Crippen LogP contribution in [0, 0.1) is 0 Å². The molecule has 1 heterocycles. The lowest BCUT2D eigenvalue weighted by Crippen LogP contribution is -1.88. The van der Waals surface area contributed by atoms with Crippen LogP contribution in [0.2, 0.25) is 10.3 Å². The van der Waals surface area contributed by atoms with Crippen LogP contribution in [0.5, 0.6) is 11.5 Å². The summed E-state index contributed by atoms with van der Waals surface area (Å²) >= 11 is 11.5. The number of para-hydroxylation sites is 1. The molecule has 0 amide bonds. The van der Waals surface area contributed by atoms with E-state index in [9.17, 15) is 0 Å². The summed E-state index contributed by atoms with van der Waals surface area (Å²) in [6.07, 6.45) is 2.97. The van der Waals surface area contributed by atoms with Gasteiger partial charge in [0.1, 0.15) is 5.75 Å². The van der Waals surface area contributed by atoms with Crippen LogP contribution in [0.1, 0.15) is 0 Å². The molecular weight excluding hydrogens is 235 g/mol. The average molecular weight is 241 g/mol. The van der Waals surface area contributed by atoms with Crippen molar-refractivity contribution >= 4 is 23.2 Å². The predicted octanol–water partition coefficient (Wildman–Crippen LogP) is 3.58. The number of halogens is 2.